The Morgan fingerprint density at radius 2 is 1.74 bits per heavy atom. The van der Waals surface area contributed by atoms with E-state index in [1.54, 1.807) is 20.3 Å². The summed E-state index contributed by atoms with van der Waals surface area (Å²) in [7, 11) is 3.27. The molecule has 2 aliphatic rings. The molecule has 2 unspecified atom stereocenters. The predicted molar refractivity (Wildman–Crippen MR) is 125 cm³/mol. The number of carbonyl (C=O) groups is 1. The fourth-order valence-electron chi connectivity index (χ4n) is 4.58. The number of nitrogens with one attached hydrogen (secondary N) is 1. The van der Waals surface area contributed by atoms with Crippen molar-refractivity contribution in [3.05, 3.63) is 35.4 Å². The van der Waals surface area contributed by atoms with E-state index in [0.29, 0.717) is 29.5 Å². The summed E-state index contributed by atoms with van der Waals surface area (Å²) in [6, 6.07) is 3.71. The smallest absolute Gasteiger partial charge is 0.251 e. The summed E-state index contributed by atoms with van der Waals surface area (Å²) < 4.78 is 11.1. The molecule has 31 heavy (non-hydrogen) atoms. The van der Waals surface area contributed by atoms with Crippen LogP contribution in [0.5, 0.6) is 11.5 Å². The molecule has 1 amide bonds. The van der Waals surface area contributed by atoms with E-state index >= 15 is 0 Å². The standard InChI is InChI=1S/C25H39N3O3/c1-4-20-8-5-9-21-18-22(19-23(30-2)24(21)31-3)25(29)26-11-6-12-27-13-7-14-28(15-10-20)17-16-27/h5,8,18-20H,4,6-7,9-17H2,1-3H3,(H,26,29)/b8-5-/t20-/m1/s1. The molecule has 1 saturated heterocycles. The summed E-state index contributed by atoms with van der Waals surface area (Å²) in [6.45, 7) is 9.76. The zero-order chi connectivity index (χ0) is 22.1. The van der Waals surface area contributed by atoms with Gasteiger partial charge in [0.25, 0.3) is 5.91 Å². The van der Waals surface area contributed by atoms with Crippen molar-refractivity contribution in [1.29, 1.82) is 0 Å². The van der Waals surface area contributed by atoms with E-state index in [2.05, 4.69) is 34.2 Å². The van der Waals surface area contributed by atoms with Crippen molar-refractivity contribution in [3.63, 3.8) is 0 Å². The lowest BCUT2D eigenvalue weighted by Gasteiger charge is -2.23. The number of ether oxygens (including phenoxy) is 2. The van der Waals surface area contributed by atoms with E-state index in [4.69, 9.17) is 9.47 Å². The number of amides is 1. The number of methoxy groups -OCH3 is 2. The average molecular weight is 430 g/mol. The zero-order valence-electron chi connectivity index (χ0n) is 19.5. The summed E-state index contributed by atoms with van der Waals surface area (Å²) >= 11 is 0. The van der Waals surface area contributed by atoms with Crippen LogP contribution in [0.4, 0.5) is 0 Å². The molecule has 1 aromatic carbocycles. The number of carbonyl (C=O) groups excluding carboxylic acids is 1. The van der Waals surface area contributed by atoms with Gasteiger partial charge in [0.2, 0.25) is 0 Å². The topological polar surface area (TPSA) is 54.0 Å². The van der Waals surface area contributed by atoms with Crippen LogP contribution in [0, 0.1) is 5.92 Å². The Balaban J connectivity index is 1.83. The van der Waals surface area contributed by atoms with Crippen molar-refractivity contribution in [1.82, 2.24) is 15.1 Å². The SMILES string of the molecule is CC[C@@H]1/C=C\Cc2cc(cc(OC)c2OC)C(=O)NCCCN2CCCN(CC1)CC2. The van der Waals surface area contributed by atoms with E-state index in [0.717, 1.165) is 51.0 Å². The molecule has 0 saturated carbocycles. The third-order valence-electron chi connectivity index (χ3n) is 6.52. The highest BCUT2D eigenvalue weighted by molar-refractivity contribution is 5.95. The minimum Gasteiger partial charge on any atom is -0.493 e. The van der Waals surface area contributed by atoms with E-state index in [9.17, 15) is 4.79 Å². The zero-order valence-corrected chi connectivity index (χ0v) is 19.5. The van der Waals surface area contributed by atoms with Gasteiger partial charge in [0.1, 0.15) is 0 Å². The Hall–Kier alpha value is -2.05. The van der Waals surface area contributed by atoms with Gasteiger partial charge < -0.3 is 24.6 Å². The van der Waals surface area contributed by atoms with Gasteiger partial charge in [0.05, 0.1) is 14.2 Å². The van der Waals surface area contributed by atoms with Crippen molar-refractivity contribution >= 4 is 5.91 Å². The number of benzene rings is 1. The Labute approximate surface area is 187 Å². The molecule has 1 N–H and O–H groups in total. The van der Waals surface area contributed by atoms with Crippen LogP contribution in [0.2, 0.25) is 0 Å². The van der Waals surface area contributed by atoms with Crippen LogP contribution < -0.4 is 14.8 Å². The van der Waals surface area contributed by atoms with E-state index in [-0.39, 0.29) is 5.91 Å². The summed E-state index contributed by atoms with van der Waals surface area (Å²) in [5.41, 5.74) is 1.60. The summed E-state index contributed by atoms with van der Waals surface area (Å²) in [5, 5.41) is 3.08. The molecular formula is C25H39N3O3. The van der Waals surface area contributed by atoms with Crippen molar-refractivity contribution < 1.29 is 14.3 Å². The Bertz CT molecular complexity index is 750. The molecule has 0 aliphatic carbocycles. The van der Waals surface area contributed by atoms with E-state index in [1.807, 2.05) is 6.07 Å². The molecule has 2 heterocycles. The van der Waals surface area contributed by atoms with E-state index < -0.39 is 0 Å². The van der Waals surface area contributed by atoms with Crippen LogP contribution in [0.25, 0.3) is 0 Å². The number of rotatable bonds is 3. The highest BCUT2D eigenvalue weighted by Gasteiger charge is 2.18. The summed E-state index contributed by atoms with van der Waals surface area (Å²) in [6.07, 6.45) is 9.80. The molecule has 2 aliphatic heterocycles. The lowest BCUT2D eigenvalue weighted by atomic mass is 9.99. The second-order valence-corrected chi connectivity index (χ2v) is 8.61. The van der Waals surface area contributed by atoms with Gasteiger partial charge in [-0.05, 0) is 76.3 Å². The monoisotopic (exact) mass is 429 g/mol. The van der Waals surface area contributed by atoms with Gasteiger partial charge in [0, 0.05) is 30.8 Å². The molecule has 0 aromatic heterocycles. The molecule has 4 bridgehead atoms. The van der Waals surface area contributed by atoms with Crippen LogP contribution in [0.3, 0.4) is 0 Å². The number of hydrogen-bond acceptors (Lipinski definition) is 5. The first-order valence-electron chi connectivity index (χ1n) is 11.8. The summed E-state index contributed by atoms with van der Waals surface area (Å²) in [4.78, 5) is 18.0. The second-order valence-electron chi connectivity index (χ2n) is 8.61. The molecule has 6 nitrogen and oxygen atoms in total. The average Bonchev–Trinajstić information content (AvgIpc) is 3.02. The number of hydrogen-bond donors (Lipinski definition) is 1. The maximum atomic E-state index is 12.8. The first-order chi connectivity index (χ1) is 15.1. The quantitative estimate of drug-likeness (QED) is 0.747. The molecular weight excluding hydrogens is 390 g/mol. The van der Waals surface area contributed by atoms with Crippen LogP contribution in [-0.2, 0) is 6.42 Å². The Morgan fingerprint density at radius 1 is 1.00 bits per heavy atom. The first-order valence-corrected chi connectivity index (χ1v) is 11.8. The van der Waals surface area contributed by atoms with Crippen LogP contribution in [0.1, 0.15) is 48.5 Å². The maximum Gasteiger partial charge on any atom is 0.251 e. The molecule has 1 aromatic rings. The minimum absolute atomic E-state index is 0.0548. The van der Waals surface area contributed by atoms with Crippen molar-refractivity contribution in [3.8, 4) is 11.5 Å². The number of nitrogens with zero attached hydrogens (tertiary/aromatic N) is 2. The lowest BCUT2D eigenvalue weighted by molar-refractivity contribution is 0.0951. The second kappa shape index (κ2) is 12.1. The van der Waals surface area contributed by atoms with Gasteiger partial charge in [-0.1, -0.05) is 19.1 Å². The third-order valence-corrected chi connectivity index (χ3v) is 6.52. The first kappa shape index (κ1) is 23.6. The summed E-state index contributed by atoms with van der Waals surface area (Å²) in [5.74, 6) is 1.82. The van der Waals surface area contributed by atoms with Gasteiger partial charge in [-0.15, -0.1) is 0 Å². The third kappa shape index (κ3) is 6.71. The normalized spacial score (nSPS) is 26.8. The highest BCUT2D eigenvalue weighted by Crippen LogP contribution is 2.33. The van der Waals surface area contributed by atoms with Gasteiger partial charge in [-0.3, -0.25) is 4.79 Å². The van der Waals surface area contributed by atoms with E-state index in [1.165, 1.54) is 25.9 Å². The minimum atomic E-state index is -0.0548. The Kier molecular flexibility index (Phi) is 9.22. The molecule has 3 atom stereocenters. The highest BCUT2D eigenvalue weighted by atomic mass is 16.5. The van der Waals surface area contributed by atoms with Crippen LogP contribution in [0.15, 0.2) is 24.3 Å². The molecule has 172 valence electrons. The number of allylic oxidation sites excluding steroid dienone is 2. The van der Waals surface area contributed by atoms with Crippen LogP contribution in [-0.4, -0.2) is 75.7 Å². The maximum absolute atomic E-state index is 12.8. The molecule has 6 heteroatoms. The van der Waals surface area contributed by atoms with Gasteiger partial charge in [-0.25, -0.2) is 0 Å². The van der Waals surface area contributed by atoms with Gasteiger partial charge in [-0.2, -0.15) is 0 Å². The number of fused-ring (bicyclic) bond motifs is 5. The molecule has 3 rings (SSSR count). The lowest BCUT2D eigenvalue weighted by Crippen LogP contribution is -2.34. The fourth-order valence-corrected chi connectivity index (χ4v) is 4.58. The molecule has 0 spiro atoms. The Morgan fingerprint density at radius 3 is 2.45 bits per heavy atom. The van der Waals surface area contributed by atoms with Gasteiger partial charge >= 0.3 is 0 Å². The fraction of sp³-hybridized carbons (Fsp3) is 0.640. The van der Waals surface area contributed by atoms with Crippen molar-refractivity contribution in [2.45, 2.75) is 39.0 Å². The van der Waals surface area contributed by atoms with Gasteiger partial charge in [0.15, 0.2) is 11.5 Å². The van der Waals surface area contributed by atoms with Crippen molar-refractivity contribution in [2.24, 2.45) is 5.92 Å². The van der Waals surface area contributed by atoms with Crippen LogP contribution >= 0.6 is 0 Å². The molecule has 0 radical (unpaired) electrons. The van der Waals surface area contributed by atoms with Crippen molar-refractivity contribution in [2.75, 3.05) is 60.0 Å². The largest absolute Gasteiger partial charge is 0.493 e. The predicted octanol–water partition coefficient (Wildman–Crippen LogP) is 3.36. The molecule has 1 fully saturated rings.